The summed E-state index contributed by atoms with van der Waals surface area (Å²) in [7, 11) is 0. The van der Waals surface area contributed by atoms with Crippen LogP contribution in [0.25, 0.3) is 0 Å². The number of carboxylic acid groups (broad SMARTS) is 1. The highest BCUT2D eigenvalue weighted by molar-refractivity contribution is 5.90. The number of hydrogen-bond acceptors (Lipinski definition) is 3. The molecule has 1 aromatic rings. The van der Waals surface area contributed by atoms with E-state index in [0.29, 0.717) is 18.9 Å². The SMILES string of the molecule is C=CC(C)NCCOc1ccccc1C(=O)O. The highest BCUT2D eigenvalue weighted by Gasteiger charge is 2.09. The van der Waals surface area contributed by atoms with Crippen LogP contribution in [0.5, 0.6) is 5.75 Å². The number of carbonyl (C=O) groups is 1. The summed E-state index contributed by atoms with van der Waals surface area (Å²) in [6.07, 6.45) is 1.80. The Morgan fingerprint density at radius 3 is 2.94 bits per heavy atom. The lowest BCUT2D eigenvalue weighted by atomic mass is 10.2. The fraction of sp³-hybridized carbons (Fsp3) is 0.308. The van der Waals surface area contributed by atoms with Crippen LogP contribution in [-0.4, -0.2) is 30.3 Å². The third kappa shape index (κ3) is 4.28. The summed E-state index contributed by atoms with van der Waals surface area (Å²) < 4.78 is 5.42. The van der Waals surface area contributed by atoms with Gasteiger partial charge in [-0.3, -0.25) is 0 Å². The van der Waals surface area contributed by atoms with Crippen LogP contribution in [0.2, 0.25) is 0 Å². The van der Waals surface area contributed by atoms with Crippen LogP contribution in [-0.2, 0) is 0 Å². The lowest BCUT2D eigenvalue weighted by Crippen LogP contribution is -2.28. The van der Waals surface area contributed by atoms with Crippen LogP contribution in [0.1, 0.15) is 17.3 Å². The zero-order valence-electron chi connectivity index (χ0n) is 9.85. The molecule has 1 aromatic carbocycles. The number of nitrogens with one attached hydrogen (secondary N) is 1. The van der Waals surface area contributed by atoms with E-state index in [-0.39, 0.29) is 11.6 Å². The molecule has 4 nitrogen and oxygen atoms in total. The van der Waals surface area contributed by atoms with E-state index >= 15 is 0 Å². The molecule has 1 atom stereocenters. The molecule has 0 spiro atoms. The van der Waals surface area contributed by atoms with Crippen molar-refractivity contribution in [3.05, 3.63) is 42.5 Å². The molecular weight excluding hydrogens is 218 g/mol. The molecule has 1 rings (SSSR count). The van der Waals surface area contributed by atoms with Crippen molar-refractivity contribution in [3.63, 3.8) is 0 Å². The van der Waals surface area contributed by atoms with Crippen LogP contribution in [0.3, 0.4) is 0 Å². The molecule has 17 heavy (non-hydrogen) atoms. The number of benzene rings is 1. The van der Waals surface area contributed by atoms with Gasteiger partial charge < -0.3 is 15.2 Å². The van der Waals surface area contributed by atoms with Gasteiger partial charge in [-0.05, 0) is 19.1 Å². The number of ether oxygens (including phenoxy) is 1. The first-order valence-electron chi connectivity index (χ1n) is 5.46. The molecule has 0 amide bonds. The summed E-state index contributed by atoms with van der Waals surface area (Å²) >= 11 is 0. The second kappa shape index (κ2) is 6.70. The van der Waals surface area contributed by atoms with Crippen LogP contribution in [0.15, 0.2) is 36.9 Å². The molecule has 92 valence electrons. The maximum Gasteiger partial charge on any atom is 0.339 e. The maximum absolute atomic E-state index is 10.9. The lowest BCUT2D eigenvalue weighted by molar-refractivity contribution is 0.0692. The second-order valence-electron chi connectivity index (χ2n) is 3.63. The van der Waals surface area contributed by atoms with Gasteiger partial charge in [0.1, 0.15) is 17.9 Å². The molecule has 0 aliphatic carbocycles. The quantitative estimate of drug-likeness (QED) is 0.560. The molecule has 0 fully saturated rings. The first-order valence-corrected chi connectivity index (χ1v) is 5.46. The number of hydrogen-bond donors (Lipinski definition) is 2. The Hall–Kier alpha value is -1.81. The van der Waals surface area contributed by atoms with Gasteiger partial charge in [0, 0.05) is 12.6 Å². The van der Waals surface area contributed by atoms with Gasteiger partial charge in [0.2, 0.25) is 0 Å². The van der Waals surface area contributed by atoms with E-state index in [1.54, 1.807) is 24.3 Å². The molecular formula is C13H17NO3. The molecule has 0 aliphatic heterocycles. The zero-order chi connectivity index (χ0) is 12.7. The number of aromatic carboxylic acids is 1. The molecule has 0 saturated heterocycles. The molecule has 1 unspecified atom stereocenters. The Kier molecular flexibility index (Phi) is 5.23. The molecule has 0 heterocycles. The van der Waals surface area contributed by atoms with Gasteiger partial charge in [0.05, 0.1) is 0 Å². The molecule has 0 radical (unpaired) electrons. The average Bonchev–Trinajstić information content (AvgIpc) is 2.34. The highest BCUT2D eigenvalue weighted by Crippen LogP contribution is 2.17. The highest BCUT2D eigenvalue weighted by atomic mass is 16.5. The second-order valence-corrected chi connectivity index (χ2v) is 3.63. The minimum atomic E-state index is -0.979. The smallest absolute Gasteiger partial charge is 0.339 e. The average molecular weight is 235 g/mol. The molecule has 2 N–H and O–H groups in total. The van der Waals surface area contributed by atoms with Crippen molar-refractivity contribution in [2.24, 2.45) is 0 Å². The van der Waals surface area contributed by atoms with Gasteiger partial charge in [-0.2, -0.15) is 0 Å². The topological polar surface area (TPSA) is 58.6 Å². The Bertz CT molecular complexity index is 390. The van der Waals surface area contributed by atoms with Gasteiger partial charge in [-0.15, -0.1) is 6.58 Å². The van der Waals surface area contributed by atoms with Gasteiger partial charge in [-0.25, -0.2) is 4.79 Å². The zero-order valence-corrected chi connectivity index (χ0v) is 9.85. The molecule has 0 bridgehead atoms. The number of rotatable bonds is 7. The molecule has 0 aliphatic rings. The molecule has 4 heteroatoms. The normalized spacial score (nSPS) is 11.8. The van der Waals surface area contributed by atoms with Crippen molar-refractivity contribution in [1.82, 2.24) is 5.32 Å². The van der Waals surface area contributed by atoms with E-state index in [0.717, 1.165) is 0 Å². The fourth-order valence-corrected chi connectivity index (χ4v) is 1.30. The van der Waals surface area contributed by atoms with E-state index in [2.05, 4.69) is 11.9 Å². The third-order valence-corrected chi connectivity index (χ3v) is 2.30. The summed E-state index contributed by atoms with van der Waals surface area (Å²) in [6.45, 7) is 6.70. The Balaban J connectivity index is 2.46. The van der Waals surface area contributed by atoms with Gasteiger partial charge >= 0.3 is 5.97 Å². The predicted octanol–water partition coefficient (Wildman–Crippen LogP) is 1.93. The van der Waals surface area contributed by atoms with Crippen molar-refractivity contribution >= 4 is 5.97 Å². The van der Waals surface area contributed by atoms with Crippen LogP contribution < -0.4 is 10.1 Å². The minimum Gasteiger partial charge on any atom is -0.491 e. The van der Waals surface area contributed by atoms with Gasteiger partial charge in [0.15, 0.2) is 0 Å². The number of para-hydroxylation sites is 1. The summed E-state index contributed by atoms with van der Waals surface area (Å²) in [5.41, 5.74) is 0.185. The molecule has 0 aromatic heterocycles. The van der Waals surface area contributed by atoms with E-state index in [4.69, 9.17) is 9.84 Å². The standard InChI is InChI=1S/C13H17NO3/c1-3-10(2)14-8-9-17-12-7-5-4-6-11(12)13(15)16/h3-7,10,14H,1,8-9H2,2H3,(H,15,16). The van der Waals surface area contributed by atoms with E-state index in [1.807, 2.05) is 6.92 Å². The van der Waals surface area contributed by atoms with Crippen molar-refractivity contribution in [1.29, 1.82) is 0 Å². The van der Waals surface area contributed by atoms with Crippen molar-refractivity contribution in [3.8, 4) is 5.75 Å². The first kappa shape index (κ1) is 13.3. The fourth-order valence-electron chi connectivity index (χ4n) is 1.30. The van der Waals surface area contributed by atoms with Gasteiger partial charge in [0.25, 0.3) is 0 Å². The maximum atomic E-state index is 10.9. The van der Waals surface area contributed by atoms with Crippen molar-refractivity contribution < 1.29 is 14.6 Å². The first-order chi connectivity index (χ1) is 8.15. The molecule has 0 saturated carbocycles. The van der Waals surface area contributed by atoms with Crippen LogP contribution >= 0.6 is 0 Å². The monoisotopic (exact) mass is 235 g/mol. The third-order valence-electron chi connectivity index (χ3n) is 2.30. The lowest BCUT2D eigenvalue weighted by Gasteiger charge is -2.11. The van der Waals surface area contributed by atoms with E-state index < -0.39 is 5.97 Å². The Morgan fingerprint density at radius 1 is 1.59 bits per heavy atom. The Labute approximate surface area is 101 Å². The van der Waals surface area contributed by atoms with Crippen molar-refractivity contribution in [2.75, 3.05) is 13.2 Å². The van der Waals surface area contributed by atoms with Gasteiger partial charge in [-0.1, -0.05) is 18.2 Å². The minimum absolute atomic E-state index is 0.185. The predicted molar refractivity (Wildman–Crippen MR) is 66.6 cm³/mol. The summed E-state index contributed by atoms with van der Waals surface area (Å²) in [5.74, 6) is -0.582. The largest absolute Gasteiger partial charge is 0.491 e. The van der Waals surface area contributed by atoms with E-state index in [9.17, 15) is 4.79 Å². The number of carboxylic acids is 1. The summed E-state index contributed by atoms with van der Waals surface area (Å²) in [6, 6.07) is 6.82. The van der Waals surface area contributed by atoms with E-state index in [1.165, 1.54) is 6.07 Å². The summed E-state index contributed by atoms with van der Waals surface area (Å²) in [5, 5.41) is 12.1. The summed E-state index contributed by atoms with van der Waals surface area (Å²) in [4.78, 5) is 10.9. The van der Waals surface area contributed by atoms with Crippen LogP contribution in [0.4, 0.5) is 0 Å². The Morgan fingerprint density at radius 2 is 2.29 bits per heavy atom. The van der Waals surface area contributed by atoms with Crippen molar-refractivity contribution in [2.45, 2.75) is 13.0 Å². The van der Waals surface area contributed by atoms with Crippen LogP contribution in [0, 0.1) is 0 Å².